The van der Waals surface area contributed by atoms with E-state index in [2.05, 4.69) is 0 Å². The highest BCUT2D eigenvalue weighted by molar-refractivity contribution is 5.75. The minimum atomic E-state index is -0.557. The number of hydrogen-bond acceptors (Lipinski definition) is 13. The van der Waals surface area contributed by atoms with Gasteiger partial charge in [0.05, 0.1) is 104 Å². The summed E-state index contributed by atoms with van der Waals surface area (Å²) in [5.74, 6) is -0.868. The highest BCUT2D eigenvalue weighted by Gasteiger charge is 2.46. The second-order valence-electron chi connectivity index (χ2n) is 10.0. The van der Waals surface area contributed by atoms with Gasteiger partial charge in [0.25, 0.3) is 0 Å². The molecule has 4 heterocycles. The van der Waals surface area contributed by atoms with Crippen molar-refractivity contribution in [2.24, 2.45) is 5.41 Å². The van der Waals surface area contributed by atoms with Crippen molar-refractivity contribution in [1.82, 2.24) is 4.90 Å². The van der Waals surface area contributed by atoms with E-state index in [-0.39, 0.29) is 57.3 Å². The molecule has 218 valence electrons. The number of carbonyl (C=O) groups excluding carboxylic acids is 2. The molecule has 0 radical (unpaired) electrons. The second kappa shape index (κ2) is 14.8. The van der Waals surface area contributed by atoms with Crippen molar-refractivity contribution < 1.29 is 57.0 Å². The van der Waals surface area contributed by atoms with Gasteiger partial charge in [0.1, 0.15) is 30.6 Å². The average molecular weight is 548 g/mol. The lowest BCUT2D eigenvalue weighted by Gasteiger charge is -2.33. The van der Waals surface area contributed by atoms with Gasteiger partial charge in [-0.25, -0.2) is 0 Å². The summed E-state index contributed by atoms with van der Waals surface area (Å²) in [5, 5.41) is 0. The third-order valence-electron chi connectivity index (χ3n) is 6.22. The first-order chi connectivity index (χ1) is 18.5. The van der Waals surface area contributed by atoms with E-state index in [1.807, 2.05) is 0 Å². The molecule has 0 aromatic carbocycles. The van der Waals surface area contributed by atoms with Crippen molar-refractivity contribution >= 4 is 11.9 Å². The molecule has 0 aliphatic carbocycles. The number of epoxide rings is 4. The highest BCUT2D eigenvalue weighted by Crippen LogP contribution is 2.29. The largest absolute Gasteiger partial charge is 0.465 e. The normalized spacial score (nSPS) is 28.6. The van der Waals surface area contributed by atoms with Crippen LogP contribution >= 0.6 is 0 Å². The Bertz CT molecular complexity index is 676. The third kappa shape index (κ3) is 11.0. The summed E-state index contributed by atoms with van der Waals surface area (Å²) in [7, 11) is 0. The standard InChI is InChI=1S/C25H41NO12/c1-3-33-22(27)5-26(6-23(28)34-4-2)24-21(38-24)13-32-17-25(14-29-7-18-10-35-18,15-30-8-19-11-36-19)16-31-9-20-12-37-20/h18-21,24H,3-17H2,1-2H3. The van der Waals surface area contributed by atoms with Gasteiger partial charge in [-0.3, -0.25) is 14.5 Å². The Morgan fingerprint density at radius 3 is 1.47 bits per heavy atom. The average Bonchev–Trinajstić information content (AvgIpc) is 3.70. The van der Waals surface area contributed by atoms with E-state index < -0.39 is 23.6 Å². The van der Waals surface area contributed by atoms with Gasteiger partial charge in [-0.2, -0.15) is 0 Å². The molecule has 0 aromatic heterocycles. The molecule has 0 saturated carbocycles. The molecule has 4 aliphatic heterocycles. The molecule has 5 atom stereocenters. The second-order valence-corrected chi connectivity index (χ2v) is 10.0. The molecule has 0 amide bonds. The monoisotopic (exact) mass is 547 g/mol. The topological polar surface area (TPSA) is 143 Å². The Labute approximate surface area is 223 Å². The Hall–Kier alpha value is -1.42. The fraction of sp³-hybridized carbons (Fsp3) is 0.920. The smallest absolute Gasteiger partial charge is 0.320 e. The summed E-state index contributed by atoms with van der Waals surface area (Å²) >= 11 is 0. The lowest BCUT2D eigenvalue weighted by Crippen LogP contribution is -2.43. The zero-order valence-electron chi connectivity index (χ0n) is 22.3. The Balaban J connectivity index is 1.28. The Morgan fingerprint density at radius 2 is 1.11 bits per heavy atom. The molecule has 4 rings (SSSR count). The third-order valence-corrected chi connectivity index (χ3v) is 6.22. The van der Waals surface area contributed by atoms with Crippen LogP contribution in [0, 0.1) is 5.41 Å². The van der Waals surface area contributed by atoms with E-state index in [0.29, 0.717) is 66.1 Å². The van der Waals surface area contributed by atoms with Gasteiger partial charge < -0.3 is 47.4 Å². The molecule has 4 fully saturated rings. The predicted octanol–water partition coefficient (Wildman–Crippen LogP) is -0.611. The van der Waals surface area contributed by atoms with Crippen LogP contribution in [0.15, 0.2) is 0 Å². The van der Waals surface area contributed by atoms with Crippen LogP contribution in [0.1, 0.15) is 13.8 Å². The summed E-state index contributed by atoms with van der Waals surface area (Å²) in [6, 6.07) is 0. The van der Waals surface area contributed by atoms with Crippen molar-refractivity contribution in [2.75, 3.05) is 99.0 Å². The molecule has 0 spiro atoms. The highest BCUT2D eigenvalue weighted by atomic mass is 16.6. The summed E-state index contributed by atoms with van der Waals surface area (Å²) in [6.07, 6.45) is -0.339. The Morgan fingerprint density at radius 1 is 0.711 bits per heavy atom. The van der Waals surface area contributed by atoms with E-state index in [1.165, 1.54) is 0 Å². The van der Waals surface area contributed by atoms with E-state index in [0.717, 1.165) is 0 Å². The van der Waals surface area contributed by atoms with Crippen molar-refractivity contribution in [3.8, 4) is 0 Å². The molecule has 13 nitrogen and oxygen atoms in total. The number of nitrogens with zero attached hydrogens (tertiary/aromatic N) is 1. The number of esters is 2. The fourth-order valence-electron chi connectivity index (χ4n) is 3.91. The van der Waals surface area contributed by atoms with Crippen LogP contribution in [-0.2, 0) is 57.0 Å². The van der Waals surface area contributed by atoms with Crippen LogP contribution in [0.5, 0.6) is 0 Å². The lowest BCUT2D eigenvalue weighted by molar-refractivity contribution is -0.149. The molecular formula is C25H41NO12. The van der Waals surface area contributed by atoms with E-state index in [4.69, 9.17) is 47.4 Å². The summed E-state index contributed by atoms with van der Waals surface area (Å²) in [4.78, 5) is 25.7. The summed E-state index contributed by atoms with van der Waals surface area (Å²) < 4.78 is 55.6. The minimum absolute atomic E-state index is 0.0804. The van der Waals surface area contributed by atoms with Gasteiger partial charge in [-0.15, -0.1) is 0 Å². The minimum Gasteiger partial charge on any atom is -0.465 e. The molecule has 13 heteroatoms. The quantitative estimate of drug-likeness (QED) is 0.119. The van der Waals surface area contributed by atoms with Crippen molar-refractivity contribution in [3.05, 3.63) is 0 Å². The van der Waals surface area contributed by atoms with Gasteiger partial charge in [-0.05, 0) is 13.8 Å². The van der Waals surface area contributed by atoms with Gasteiger partial charge >= 0.3 is 11.9 Å². The molecule has 38 heavy (non-hydrogen) atoms. The maximum atomic E-state index is 12.1. The van der Waals surface area contributed by atoms with Crippen LogP contribution in [0.3, 0.4) is 0 Å². The first-order valence-corrected chi connectivity index (χ1v) is 13.4. The van der Waals surface area contributed by atoms with Crippen LogP contribution in [0.25, 0.3) is 0 Å². The molecular weight excluding hydrogens is 506 g/mol. The Kier molecular flexibility index (Phi) is 11.5. The zero-order chi connectivity index (χ0) is 26.8. The fourth-order valence-corrected chi connectivity index (χ4v) is 3.91. The molecule has 0 aromatic rings. The predicted molar refractivity (Wildman–Crippen MR) is 128 cm³/mol. The van der Waals surface area contributed by atoms with Crippen LogP contribution in [-0.4, -0.2) is 146 Å². The van der Waals surface area contributed by atoms with Crippen LogP contribution < -0.4 is 0 Å². The molecule has 4 aliphatic rings. The number of ether oxygens (including phenoxy) is 10. The lowest BCUT2D eigenvalue weighted by atomic mass is 9.92. The van der Waals surface area contributed by atoms with Crippen molar-refractivity contribution in [1.29, 1.82) is 0 Å². The van der Waals surface area contributed by atoms with Crippen molar-refractivity contribution in [3.63, 3.8) is 0 Å². The maximum absolute atomic E-state index is 12.1. The molecule has 5 unspecified atom stereocenters. The van der Waals surface area contributed by atoms with E-state index >= 15 is 0 Å². The van der Waals surface area contributed by atoms with Crippen LogP contribution in [0.2, 0.25) is 0 Å². The van der Waals surface area contributed by atoms with Gasteiger partial charge in [0.15, 0.2) is 0 Å². The van der Waals surface area contributed by atoms with Gasteiger partial charge in [-0.1, -0.05) is 0 Å². The van der Waals surface area contributed by atoms with E-state index in [9.17, 15) is 9.59 Å². The first kappa shape index (κ1) is 29.6. The molecule has 0 bridgehead atoms. The maximum Gasteiger partial charge on any atom is 0.320 e. The van der Waals surface area contributed by atoms with Crippen LogP contribution in [0.4, 0.5) is 0 Å². The van der Waals surface area contributed by atoms with Crippen molar-refractivity contribution in [2.45, 2.75) is 44.5 Å². The SMILES string of the molecule is CCOC(=O)CN(CC(=O)OCC)C1OC1COCC(COCC1CO1)(COCC1CO1)COCC1CO1. The zero-order valence-corrected chi connectivity index (χ0v) is 22.3. The summed E-state index contributed by atoms with van der Waals surface area (Å²) in [5.41, 5.74) is -0.557. The molecule has 4 saturated heterocycles. The number of rotatable bonds is 23. The number of carbonyl (C=O) groups is 2. The van der Waals surface area contributed by atoms with Gasteiger partial charge in [0, 0.05) is 0 Å². The van der Waals surface area contributed by atoms with Gasteiger partial charge in [0.2, 0.25) is 0 Å². The summed E-state index contributed by atoms with van der Waals surface area (Å²) in [6.45, 7) is 9.14. The number of hydrogen-bond donors (Lipinski definition) is 0. The van der Waals surface area contributed by atoms with E-state index in [1.54, 1.807) is 18.7 Å². The first-order valence-electron chi connectivity index (χ1n) is 13.4. The molecule has 0 N–H and O–H groups in total.